The summed E-state index contributed by atoms with van der Waals surface area (Å²) in [5.74, 6) is 0. The Bertz CT molecular complexity index is 689. The van der Waals surface area contributed by atoms with Crippen LogP contribution in [0.25, 0.3) is 10.9 Å². The first-order chi connectivity index (χ1) is 9.33. The highest BCUT2D eigenvalue weighted by Crippen LogP contribution is 2.10. The molecule has 0 atom stereocenters. The molecule has 0 radical (unpaired) electrons. The minimum atomic E-state index is 0. The third-order valence-electron chi connectivity index (χ3n) is 3.34. The SMILES string of the molecule is Ic1ccc(CC[n+]2cccc3ccccc32)cc1.[Br-]. The van der Waals surface area contributed by atoms with Crippen LogP contribution in [0.2, 0.25) is 0 Å². The van der Waals surface area contributed by atoms with Crippen molar-refractivity contribution in [1.82, 2.24) is 0 Å². The smallest absolute Gasteiger partial charge is 0.212 e. The second kappa shape index (κ2) is 7.18. The maximum atomic E-state index is 2.34. The van der Waals surface area contributed by atoms with Gasteiger partial charge in [0, 0.05) is 27.5 Å². The summed E-state index contributed by atoms with van der Waals surface area (Å²) in [5, 5.41) is 1.30. The van der Waals surface area contributed by atoms with Crippen molar-refractivity contribution < 1.29 is 21.5 Å². The molecule has 0 aliphatic rings. The molecule has 20 heavy (non-hydrogen) atoms. The molecule has 1 nitrogen and oxygen atoms in total. The van der Waals surface area contributed by atoms with Crippen LogP contribution in [-0.2, 0) is 13.0 Å². The Balaban J connectivity index is 0.00000147. The van der Waals surface area contributed by atoms with Crippen LogP contribution in [0.1, 0.15) is 5.56 Å². The van der Waals surface area contributed by atoms with Crippen LogP contribution in [0.5, 0.6) is 0 Å². The average molecular weight is 440 g/mol. The largest absolute Gasteiger partial charge is 1.00 e. The van der Waals surface area contributed by atoms with Crippen LogP contribution < -0.4 is 21.5 Å². The molecule has 1 aromatic heterocycles. The summed E-state index contributed by atoms with van der Waals surface area (Å²) in [6.45, 7) is 1.02. The fourth-order valence-corrected chi connectivity index (χ4v) is 2.68. The Hall–Kier alpha value is -0.940. The van der Waals surface area contributed by atoms with Crippen molar-refractivity contribution in [3.8, 4) is 0 Å². The Labute approximate surface area is 143 Å². The molecule has 3 heteroatoms. The molecule has 3 rings (SSSR count). The van der Waals surface area contributed by atoms with Crippen molar-refractivity contribution >= 4 is 33.5 Å². The molecule has 0 amide bonds. The Kier molecular flexibility index (Phi) is 5.54. The highest BCUT2D eigenvalue weighted by Gasteiger charge is 2.07. The van der Waals surface area contributed by atoms with Gasteiger partial charge >= 0.3 is 0 Å². The lowest BCUT2D eigenvalue weighted by atomic mass is 10.1. The zero-order valence-electron chi connectivity index (χ0n) is 11.0. The highest BCUT2D eigenvalue weighted by molar-refractivity contribution is 14.1. The first-order valence-electron chi connectivity index (χ1n) is 6.44. The van der Waals surface area contributed by atoms with Crippen LogP contribution in [-0.4, -0.2) is 0 Å². The Morgan fingerprint density at radius 2 is 1.55 bits per heavy atom. The summed E-state index contributed by atoms with van der Waals surface area (Å²) in [6, 6.07) is 21.6. The van der Waals surface area contributed by atoms with E-state index >= 15 is 0 Å². The molecular weight excluding hydrogens is 425 g/mol. The van der Waals surface area contributed by atoms with Crippen LogP contribution in [0.15, 0.2) is 66.9 Å². The van der Waals surface area contributed by atoms with Crippen LogP contribution in [0.4, 0.5) is 0 Å². The summed E-state index contributed by atoms with van der Waals surface area (Å²) >= 11 is 2.34. The number of benzene rings is 2. The second-order valence-corrected chi connectivity index (χ2v) is 5.88. The molecule has 0 spiro atoms. The van der Waals surface area contributed by atoms with Crippen molar-refractivity contribution in [2.24, 2.45) is 0 Å². The topological polar surface area (TPSA) is 3.88 Å². The van der Waals surface area contributed by atoms with Gasteiger partial charge in [0.2, 0.25) is 5.52 Å². The lowest BCUT2D eigenvalue weighted by Gasteiger charge is -2.02. The lowest BCUT2D eigenvalue weighted by Crippen LogP contribution is -3.00. The van der Waals surface area contributed by atoms with Crippen LogP contribution in [0.3, 0.4) is 0 Å². The number of para-hydroxylation sites is 1. The normalized spacial score (nSPS) is 10.2. The Morgan fingerprint density at radius 1 is 0.850 bits per heavy atom. The molecule has 2 aromatic carbocycles. The van der Waals surface area contributed by atoms with Gasteiger partial charge in [-0.3, -0.25) is 0 Å². The van der Waals surface area contributed by atoms with E-state index < -0.39 is 0 Å². The summed E-state index contributed by atoms with van der Waals surface area (Å²) in [4.78, 5) is 0. The molecule has 0 aliphatic carbocycles. The van der Waals surface area contributed by atoms with E-state index in [9.17, 15) is 0 Å². The lowest BCUT2D eigenvalue weighted by molar-refractivity contribution is -0.670. The molecule has 102 valence electrons. The van der Waals surface area contributed by atoms with Gasteiger partial charge in [0.15, 0.2) is 12.7 Å². The predicted octanol–water partition coefficient (Wildman–Crippen LogP) is 0.979. The molecule has 0 fully saturated rings. The fourth-order valence-electron chi connectivity index (χ4n) is 2.32. The maximum absolute atomic E-state index is 2.34. The number of rotatable bonds is 3. The van der Waals surface area contributed by atoms with Gasteiger partial charge in [-0.1, -0.05) is 24.3 Å². The van der Waals surface area contributed by atoms with Crippen molar-refractivity contribution in [3.05, 3.63) is 76.0 Å². The van der Waals surface area contributed by atoms with E-state index in [2.05, 4.69) is 94.0 Å². The first kappa shape index (κ1) is 15.4. The number of pyridine rings is 1. The summed E-state index contributed by atoms with van der Waals surface area (Å²) < 4.78 is 3.62. The van der Waals surface area contributed by atoms with E-state index in [4.69, 9.17) is 0 Å². The van der Waals surface area contributed by atoms with Gasteiger partial charge in [0.05, 0.1) is 0 Å². The van der Waals surface area contributed by atoms with Gasteiger partial charge in [-0.05, 0) is 52.4 Å². The van der Waals surface area contributed by atoms with Gasteiger partial charge in [0.1, 0.15) is 0 Å². The second-order valence-electron chi connectivity index (χ2n) is 4.64. The number of hydrogen-bond acceptors (Lipinski definition) is 0. The number of aromatic nitrogens is 1. The zero-order valence-corrected chi connectivity index (χ0v) is 14.7. The standard InChI is InChI=1S/C17H15IN.BrH/c18-16-9-7-14(8-10-16)11-13-19-12-3-5-15-4-1-2-6-17(15)19;/h1-10,12H,11,13H2;1H/q+1;/p-1. The number of hydrogen-bond donors (Lipinski definition) is 0. The quantitative estimate of drug-likeness (QED) is 0.423. The monoisotopic (exact) mass is 439 g/mol. The molecule has 0 saturated heterocycles. The van der Waals surface area contributed by atoms with Gasteiger partial charge in [-0.2, -0.15) is 4.57 Å². The van der Waals surface area contributed by atoms with Gasteiger partial charge in [0.25, 0.3) is 0 Å². The van der Waals surface area contributed by atoms with Crippen molar-refractivity contribution in [2.75, 3.05) is 0 Å². The molecule has 0 aliphatic heterocycles. The van der Waals surface area contributed by atoms with Crippen molar-refractivity contribution in [3.63, 3.8) is 0 Å². The molecule has 0 bridgehead atoms. The van der Waals surface area contributed by atoms with Gasteiger partial charge in [-0.25, -0.2) is 0 Å². The molecule has 0 unspecified atom stereocenters. The third kappa shape index (κ3) is 3.58. The maximum Gasteiger partial charge on any atom is 0.212 e. The molecule has 3 aromatic rings. The fraction of sp³-hybridized carbons (Fsp3) is 0.118. The summed E-state index contributed by atoms with van der Waals surface area (Å²) in [7, 11) is 0. The predicted molar refractivity (Wildman–Crippen MR) is 87.0 cm³/mol. The van der Waals surface area contributed by atoms with E-state index in [0.717, 1.165) is 13.0 Å². The summed E-state index contributed by atoms with van der Waals surface area (Å²) in [5.41, 5.74) is 2.69. The van der Waals surface area contributed by atoms with Crippen LogP contribution >= 0.6 is 22.6 Å². The average Bonchev–Trinajstić information content (AvgIpc) is 2.47. The zero-order chi connectivity index (χ0) is 13.1. The minimum absolute atomic E-state index is 0. The van der Waals surface area contributed by atoms with Crippen molar-refractivity contribution in [2.45, 2.75) is 13.0 Å². The Morgan fingerprint density at radius 3 is 2.35 bits per heavy atom. The van der Waals surface area contributed by atoms with Gasteiger partial charge in [-0.15, -0.1) is 0 Å². The van der Waals surface area contributed by atoms with E-state index in [1.54, 1.807) is 0 Å². The van der Waals surface area contributed by atoms with Crippen molar-refractivity contribution in [1.29, 1.82) is 0 Å². The highest BCUT2D eigenvalue weighted by atomic mass is 127. The summed E-state index contributed by atoms with van der Waals surface area (Å²) in [6.07, 6.45) is 3.23. The number of nitrogens with zero attached hydrogens (tertiary/aromatic N) is 1. The van der Waals surface area contributed by atoms with E-state index in [1.165, 1.54) is 20.0 Å². The van der Waals surface area contributed by atoms with Crippen LogP contribution in [0, 0.1) is 3.57 Å². The van der Waals surface area contributed by atoms with E-state index in [-0.39, 0.29) is 17.0 Å². The number of fused-ring (bicyclic) bond motifs is 1. The molecular formula is C17H15BrIN. The number of aryl methyl sites for hydroxylation is 2. The third-order valence-corrected chi connectivity index (χ3v) is 4.06. The van der Waals surface area contributed by atoms with E-state index in [1.807, 2.05) is 0 Å². The number of halogens is 2. The molecule has 1 heterocycles. The van der Waals surface area contributed by atoms with E-state index in [0.29, 0.717) is 0 Å². The first-order valence-corrected chi connectivity index (χ1v) is 7.52. The minimum Gasteiger partial charge on any atom is -1.00 e. The van der Waals surface area contributed by atoms with Gasteiger partial charge < -0.3 is 17.0 Å². The molecule has 0 saturated carbocycles. The molecule has 0 N–H and O–H groups in total.